The number of nitrogens with zero attached hydrogens (tertiary/aromatic N) is 10. The third kappa shape index (κ3) is 27.5. The van der Waals surface area contributed by atoms with Gasteiger partial charge in [-0.05, 0) is 337 Å². The number of allylic oxidation sites excluding steroid dienone is 2. The molecule has 760 valence electrons. The maximum absolute atomic E-state index is 12.2. The van der Waals surface area contributed by atoms with Gasteiger partial charge in [0.1, 0.15) is 18.0 Å². The van der Waals surface area contributed by atoms with Crippen LogP contribution in [0.5, 0.6) is 0 Å². The normalized spacial score (nSPS) is 17.8. The Bertz CT molecular complexity index is 6900. The van der Waals surface area contributed by atoms with Crippen LogP contribution in [0.4, 0.5) is 9.59 Å². The fourth-order valence-corrected chi connectivity index (χ4v) is 19.7. The van der Waals surface area contributed by atoms with E-state index in [1.807, 2.05) is 200 Å². The second-order valence-electron chi connectivity index (χ2n) is 42.5. The van der Waals surface area contributed by atoms with Crippen LogP contribution in [-0.4, -0.2) is 166 Å². The molecule has 2 amide bonds. The standard InChI is InChI=1S/C27H24N4.C27H22N4.C22H32BNO4.C16H20BrNO2.C11H14BrNO.C11H12BrN.C7H14O2/c2*1-2-6-19(7-3-1)20-10-12-21(13-11-20)22-16-29-27-25(17-30-31(27)18-22)23-14-15-28-26-9-5-4-8-24(23)26;1-20(2,3)26-19(25)24-14-12-17(13-15-24)16-8-10-18(11-9-16)23-27-21(4,5)22(6,7)28-23;1-16(2,3)20-15(19)18-10-8-13(9-11-18)12-4-6-14(17)7-5-12;12-10-3-1-9(2-4-10)11(14)5-7-13-8-6-11;12-11-3-1-9(2-4-11)10-5-7-13-8-6-10;1-6(2)7(3,4)9-5-8-6/h4-5,8-19H,1-3,6-7H2;4-6,8-18H,1-3,7H2;8-12H,13-15H2,1-7H3;4-8H,9-11H2,1-3H3;1-4,13-14H,5-8H2;1-5,13H,6-8H2;5H2,1-4H3. The molecule has 0 unspecified atom stereocenters. The Kier molecular flexibility index (Phi) is 35.1. The van der Waals surface area contributed by atoms with Crippen molar-refractivity contribution < 1.29 is 43.0 Å². The second-order valence-corrected chi connectivity index (χ2v) is 45.3. The van der Waals surface area contributed by atoms with Gasteiger partial charge in [0.2, 0.25) is 0 Å². The van der Waals surface area contributed by atoms with Crippen LogP contribution in [0.1, 0.15) is 226 Å². The molecule has 3 N–H and O–H groups in total. The van der Waals surface area contributed by atoms with E-state index in [0.717, 1.165) is 161 Å². The van der Waals surface area contributed by atoms with E-state index in [-0.39, 0.29) is 41.7 Å². The van der Waals surface area contributed by atoms with E-state index in [1.54, 1.807) is 9.80 Å². The minimum Gasteiger partial charge on any atom is -0.444 e. The second kappa shape index (κ2) is 47.8. The summed E-state index contributed by atoms with van der Waals surface area (Å²) in [5, 5.41) is 28.4. The van der Waals surface area contributed by atoms with E-state index < -0.39 is 16.8 Å². The monoisotopic (exact) mass is 2150 g/mol. The number of nitrogens with one attached hydrogen (secondary N) is 2. The van der Waals surface area contributed by atoms with E-state index in [9.17, 15) is 14.7 Å². The van der Waals surface area contributed by atoms with Crippen LogP contribution in [0.3, 0.4) is 0 Å². The van der Waals surface area contributed by atoms with Crippen molar-refractivity contribution in [3.05, 3.63) is 327 Å². The van der Waals surface area contributed by atoms with Crippen LogP contribution in [0.15, 0.2) is 294 Å². The number of aromatic nitrogens is 8. The number of para-hydroxylation sites is 2. The fraction of sp³-hybridized carbons (Fsp3) is 0.372. The third-order valence-corrected chi connectivity index (χ3v) is 30.5. The van der Waals surface area contributed by atoms with Crippen molar-refractivity contribution in [1.29, 1.82) is 0 Å². The molecule has 3 saturated heterocycles. The molecule has 146 heavy (non-hydrogen) atoms. The zero-order valence-electron chi connectivity index (χ0n) is 86.8. The zero-order valence-corrected chi connectivity index (χ0v) is 91.6. The highest BCUT2D eigenvalue weighted by Gasteiger charge is 2.52. The first-order valence-corrected chi connectivity index (χ1v) is 53.8. The highest BCUT2D eigenvalue weighted by Crippen LogP contribution is 2.42. The van der Waals surface area contributed by atoms with Gasteiger partial charge in [0.25, 0.3) is 0 Å². The number of rotatable bonds is 11. The van der Waals surface area contributed by atoms with Crippen LogP contribution >= 0.6 is 47.8 Å². The molecule has 0 radical (unpaired) electrons. The number of pyridine rings is 2. The molecule has 8 aliphatic rings. The maximum atomic E-state index is 12.2. The number of carbonyl (C=O) groups is 2. The lowest BCUT2D eigenvalue weighted by Crippen LogP contribution is -2.41. The molecule has 0 bridgehead atoms. The molecule has 14 aromatic rings. The largest absolute Gasteiger partial charge is 0.494 e. The maximum Gasteiger partial charge on any atom is 0.494 e. The van der Waals surface area contributed by atoms with Gasteiger partial charge in [-0.25, -0.2) is 28.6 Å². The molecule has 25 heteroatoms. The van der Waals surface area contributed by atoms with E-state index in [2.05, 4.69) is 264 Å². The van der Waals surface area contributed by atoms with E-state index in [1.165, 1.54) is 113 Å². The van der Waals surface area contributed by atoms with Crippen molar-refractivity contribution in [2.45, 2.75) is 232 Å². The topological polar surface area (TPSA) is 226 Å². The first-order valence-electron chi connectivity index (χ1n) is 51.4. The molecule has 21 nitrogen and oxygen atoms in total. The van der Waals surface area contributed by atoms with Crippen LogP contribution in [-0.2, 0) is 33.9 Å². The molecule has 12 heterocycles. The highest BCUT2D eigenvalue weighted by molar-refractivity contribution is 9.11. The van der Waals surface area contributed by atoms with E-state index in [0.29, 0.717) is 33.0 Å². The molecule has 0 spiro atoms. The SMILES string of the molecule is Brc1ccc(C2=CCNCC2)cc1.C1=C(c2ccc(-c3cnc4c(-c5ccnc6ccccc56)cnn4c3)cc2)CCCC1.CC(C)(C)OC(=O)N1CC=C(c2ccc(B3OC(C)(C)C(C)(C)O3)cc2)CC1.CC(C)(C)OC(=O)N1CC=C(c2ccc(Br)cc2)CC1.CC1(C)OCOC1(C)C.OC1(c2ccc(Br)cc2)CCNCC1.c1ccc2c(-c3cnn4cc(-c5ccc(C6CCCCC6)cc5)cnc34)ccnc2c1. The molecule has 8 aromatic carbocycles. The molecular weight excluding hydrogens is 2020 g/mol. The van der Waals surface area contributed by atoms with Gasteiger partial charge in [0.05, 0.1) is 51.4 Å². The predicted molar refractivity (Wildman–Crippen MR) is 603 cm³/mol. The lowest BCUT2D eigenvalue weighted by Gasteiger charge is -2.33. The number of fused-ring (bicyclic) bond motifs is 4. The molecule has 0 atom stereocenters. The summed E-state index contributed by atoms with van der Waals surface area (Å²) in [6.07, 6.45) is 40.1. The Balaban J connectivity index is 0.000000126. The summed E-state index contributed by atoms with van der Waals surface area (Å²) in [4.78, 5) is 46.2. The number of aliphatic hydroxyl groups is 1. The van der Waals surface area contributed by atoms with Crippen molar-refractivity contribution in [3.8, 4) is 44.5 Å². The Morgan fingerprint density at radius 3 is 1.27 bits per heavy atom. The molecule has 6 aliphatic heterocycles. The molecule has 22 rings (SSSR count). The van der Waals surface area contributed by atoms with Gasteiger partial charge in [0.15, 0.2) is 11.3 Å². The smallest absolute Gasteiger partial charge is 0.444 e. The third-order valence-electron chi connectivity index (χ3n) is 28.9. The predicted octanol–water partition coefficient (Wildman–Crippen LogP) is 28.1. The summed E-state index contributed by atoms with van der Waals surface area (Å²) in [6.45, 7) is 34.6. The fourth-order valence-electron chi connectivity index (χ4n) is 18.9. The quantitative estimate of drug-likeness (QED) is 0.102. The van der Waals surface area contributed by atoms with E-state index in [4.69, 9.17) is 38.2 Å². The van der Waals surface area contributed by atoms with Crippen LogP contribution < -0.4 is 16.1 Å². The van der Waals surface area contributed by atoms with Crippen molar-refractivity contribution in [2.75, 3.05) is 59.2 Å². The van der Waals surface area contributed by atoms with Crippen molar-refractivity contribution in [1.82, 2.24) is 59.6 Å². The number of hydrogen-bond donors (Lipinski definition) is 3. The van der Waals surface area contributed by atoms with Crippen LogP contribution in [0.25, 0.3) is 99.9 Å². The molecule has 1 saturated carbocycles. The van der Waals surface area contributed by atoms with Gasteiger partial charge < -0.3 is 53.8 Å². The molecule has 4 fully saturated rings. The van der Waals surface area contributed by atoms with Gasteiger partial charge in [-0.15, -0.1) is 0 Å². The summed E-state index contributed by atoms with van der Waals surface area (Å²) >= 11 is 10.3. The van der Waals surface area contributed by atoms with E-state index >= 15 is 0 Å². The molecule has 6 aromatic heterocycles. The van der Waals surface area contributed by atoms with Gasteiger partial charge in [-0.1, -0.05) is 237 Å². The van der Waals surface area contributed by atoms with Gasteiger partial charge in [-0.3, -0.25) is 9.97 Å². The van der Waals surface area contributed by atoms with Crippen molar-refractivity contribution >= 4 is 128 Å². The van der Waals surface area contributed by atoms with Gasteiger partial charge in [-0.2, -0.15) is 10.2 Å². The van der Waals surface area contributed by atoms with Gasteiger partial charge >= 0.3 is 19.3 Å². The minimum atomic E-state index is -0.619. The Hall–Kier alpha value is -11.5. The van der Waals surface area contributed by atoms with Crippen LogP contribution in [0.2, 0.25) is 0 Å². The first kappa shape index (κ1) is 107. The summed E-state index contributed by atoms with van der Waals surface area (Å²) in [5.74, 6) is 0.729. The highest BCUT2D eigenvalue weighted by atomic mass is 79.9. The Morgan fingerprint density at radius 2 is 0.849 bits per heavy atom. The minimum absolute atomic E-state index is 0.132. The van der Waals surface area contributed by atoms with Crippen molar-refractivity contribution in [3.63, 3.8) is 0 Å². The molecular formula is C121H138BBr3N12O9. The number of carbonyl (C=O) groups excluding carboxylic acids is 2. The average Bonchev–Trinajstić information content (AvgIpc) is 1.64. The number of benzene rings is 8. The summed E-state index contributed by atoms with van der Waals surface area (Å²) in [6, 6.07) is 71.4. The number of piperidine rings is 1. The molecule has 2 aliphatic carbocycles. The Labute approximate surface area is 886 Å². The average molecular weight is 2160 g/mol. The first-order chi connectivity index (χ1) is 70.0. The van der Waals surface area contributed by atoms with Gasteiger partial charge in [0, 0.05) is 116 Å². The van der Waals surface area contributed by atoms with Crippen LogP contribution in [0, 0.1) is 0 Å². The summed E-state index contributed by atoms with van der Waals surface area (Å²) in [7, 11) is -0.345. The van der Waals surface area contributed by atoms with Crippen molar-refractivity contribution in [2.24, 2.45) is 0 Å². The Morgan fingerprint density at radius 1 is 0.425 bits per heavy atom. The lowest BCUT2D eigenvalue weighted by molar-refractivity contribution is 0.00578. The number of halogens is 3. The lowest BCUT2D eigenvalue weighted by atomic mass is 9.78. The number of amides is 2. The summed E-state index contributed by atoms with van der Waals surface area (Å²) in [5.41, 5.74) is 24.0. The number of ether oxygens (including phenoxy) is 4. The number of hydrogen-bond acceptors (Lipinski definition) is 17. The summed E-state index contributed by atoms with van der Waals surface area (Å²) < 4.78 is 40.8. The zero-order chi connectivity index (χ0) is 103.